The van der Waals surface area contributed by atoms with E-state index < -0.39 is 0 Å². The monoisotopic (exact) mass is 1330 g/mol. The number of aromatic nitrogens is 2. The SMILES string of the molecule is CCC(CC)C(=O)/C=C(\O)C(CC)CC.Cc1ccc2c(CC(C)(C)C)c3c([c-]c2c1)-c1nccc2c1c(cc1c(CC(C)(C)C)cccc12)C3.[2H]c1cc2c3c(cc4c(CC(C)(C)C)cccc42)Cc2c([c-]c4ccccc4c2CC(C)(C)C)-c3n1.[Ir]. The molecule has 2 aromatic heterocycles. The molecule has 5 heteroatoms. The quantitative estimate of drug-likeness (QED) is 0.0607. The van der Waals surface area contributed by atoms with Gasteiger partial charge in [-0.05, 0) is 170 Å². The molecular formula is C82H94IrN2O2-2. The summed E-state index contributed by atoms with van der Waals surface area (Å²) < 4.78 is 8.67. The van der Waals surface area contributed by atoms with Crippen LogP contribution in [0.2, 0.25) is 0 Å². The number of nitrogens with zero attached hydrogens (tertiary/aromatic N) is 2. The van der Waals surface area contributed by atoms with Crippen molar-refractivity contribution in [3.63, 3.8) is 0 Å². The molecule has 4 nitrogen and oxygen atoms in total. The van der Waals surface area contributed by atoms with Gasteiger partial charge in [-0.2, -0.15) is 0 Å². The molecule has 455 valence electrons. The third kappa shape index (κ3) is 13.9. The number of carbonyl (C=O) groups is 1. The van der Waals surface area contributed by atoms with Gasteiger partial charge in [0.2, 0.25) is 0 Å². The molecule has 2 aliphatic rings. The number of aliphatic hydroxyl groups is 1. The number of benzene rings is 8. The molecule has 10 aromatic rings. The second kappa shape index (κ2) is 25.5. The first-order chi connectivity index (χ1) is 41.1. The molecular weight excluding hydrogens is 1240 g/mol. The molecule has 0 atom stereocenters. The van der Waals surface area contributed by atoms with Crippen molar-refractivity contribution in [3.05, 3.63) is 190 Å². The van der Waals surface area contributed by atoms with Gasteiger partial charge in [0.1, 0.15) is 0 Å². The van der Waals surface area contributed by atoms with E-state index in [0.717, 1.165) is 91.9 Å². The Bertz CT molecular complexity index is 4320. The van der Waals surface area contributed by atoms with E-state index in [2.05, 4.69) is 199 Å². The summed E-state index contributed by atoms with van der Waals surface area (Å²) in [5, 5.41) is 25.0. The van der Waals surface area contributed by atoms with Crippen LogP contribution in [0.1, 0.15) is 188 Å². The van der Waals surface area contributed by atoms with E-state index >= 15 is 0 Å². The number of pyridine rings is 2. The van der Waals surface area contributed by atoms with Gasteiger partial charge < -0.3 is 5.11 Å². The predicted octanol–water partition coefficient (Wildman–Crippen LogP) is 22.4. The number of allylic oxidation sites excluding steroid dienone is 2. The minimum absolute atomic E-state index is 0. The maximum absolute atomic E-state index is 11.7. The fourth-order valence-electron chi connectivity index (χ4n) is 13.9. The Morgan fingerprint density at radius 2 is 0.989 bits per heavy atom. The third-order valence-electron chi connectivity index (χ3n) is 17.8. The first-order valence-corrected chi connectivity index (χ1v) is 32.1. The molecule has 8 aromatic carbocycles. The molecule has 0 amide bonds. The second-order valence-corrected chi connectivity index (χ2v) is 30.0. The molecule has 1 N–H and O–H groups in total. The zero-order chi connectivity index (χ0) is 62.7. The molecule has 12 rings (SSSR count). The number of aliphatic hydroxyl groups excluding tert-OH is 1. The van der Waals surface area contributed by atoms with Crippen LogP contribution in [0.5, 0.6) is 0 Å². The van der Waals surface area contributed by atoms with Crippen molar-refractivity contribution in [3.8, 4) is 22.5 Å². The summed E-state index contributed by atoms with van der Waals surface area (Å²) in [5.41, 5.74) is 17.6. The van der Waals surface area contributed by atoms with Crippen LogP contribution in [0.15, 0.2) is 127 Å². The van der Waals surface area contributed by atoms with E-state index in [9.17, 15) is 9.90 Å². The van der Waals surface area contributed by atoms with Gasteiger partial charge >= 0.3 is 0 Å². The van der Waals surface area contributed by atoms with Crippen molar-refractivity contribution in [2.24, 2.45) is 33.5 Å². The van der Waals surface area contributed by atoms with Gasteiger partial charge in [-0.3, -0.25) is 14.8 Å². The number of fused-ring (bicyclic) bond motifs is 10. The van der Waals surface area contributed by atoms with Gasteiger partial charge in [0.05, 0.1) is 7.13 Å². The molecule has 0 unspecified atom stereocenters. The van der Waals surface area contributed by atoms with Gasteiger partial charge in [0, 0.05) is 61.8 Å². The number of hydrogen-bond acceptors (Lipinski definition) is 4. The van der Waals surface area contributed by atoms with E-state index in [1.807, 2.05) is 40.0 Å². The standard InChI is InChI=1S/C35H36N.C34H34N.C13H24O2.Ir/c1-21-11-12-25-23(15-21)16-30-29(31(25)20-35(5,6)7)18-24-17-28-22(19-34(2,3)4)9-8-10-26(28)27-13-14-36-33(30)32(24)27;1-33(2,3)19-22-11-9-13-25-26-14-15-35-32-29-16-21-10-7-8-12-24(21)30(20-34(4,5)6)28(29)18-23(31(26)32)17-27(22)25;1-5-10(6-2)12(14)9-13(15)11(7-3)8-4;/h8-15,17H,18-20H2,1-7H3;7-15,17H,18-20H2,1-6H3;9-11,14H,5-8H2,1-4H3;/q2*-1;;/b;;12-9-;/i;15D;;. The molecule has 2 aliphatic carbocycles. The molecule has 0 spiro atoms. The molecule has 0 saturated carbocycles. The first kappa shape index (κ1) is 63.5. The van der Waals surface area contributed by atoms with Gasteiger partial charge in [-0.1, -0.05) is 217 Å². The first-order valence-electron chi connectivity index (χ1n) is 32.6. The van der Waals surface area contributed by atoms with Gasteiger partial charge in [0.25, 0.3) is 0 Å². The van der Waals surface area contributed by atoms with Crippen molar-refractivity contribution in [1.82, 2.24) is 9.97 Å². The van der Waals surface area contributed by atoms with Crippen molar-refractivity contribution in [1.29, 1.82) is 0 Å². The van der Waals surface area contributed by atoms with Crippen LogP contribution in [0.25, 0.3) is 87.1 Å². The molecule has 0 saturated heterocycles. The summed E-state index contributed by atoms with van der Waals surface area (Å²) in [4.78, 5) is 21.6. The maximum Gasteiger partial charge on any atom is 0.162 e. The molecule has 1 radical (unpaired) electrons. The van der Waals surface area contributed by atoms with Crippen LogP contribution in [0.4, 0.5) is 0 Å². The Kier molecular flexibility index (Phi) is 18.6. The molecule has 0 fully saturated rings. The summed E-state index contributed by atoms with van der Waals surface area (Å²) in [6.45, 7) is 38.1. The van der Waals surface area contributed by atoms with E-state index in [1.54, 1.807) is 0 Å². The largest absolute Gasteiger partial charge is 0.512 e. The van der Waals surface area contributed by atoms with Crippen LogP contribution < -0.4 is 0 Å². The summed E-state index contributed by atoms with van der Waals surface area (Å²) in [5.74, 6) is 0.547. The van der Waals surface area contributed by atoms with Crippen LogP contribution in [-0.2, 0) is 63.4 Å². The van der Waals surface area contributed by atoms with E-state index in [0.29, 0.717) is 6.17 Å². The van der Waals surface area contributed by atoms with E-state index in [4.69, 9.17) is 11.3 Å². The zero-order valence-electron chi connectivity index (χ0n) is 56.3. The summed E-state index contributed by atoms with van der Waals surface area (Å²) in [7, 11) is 0. The van der Waals surface area contributed by atoms with Crippen LogP contribution in [0, 0.1) is 52.6 Å². The van der Waals surface area contributed by atoms with E-state index in [1.165, 1.54) is 116 Å². The zero-order valence-corrected chi connectivity index (χ0v) is 57.7. The maximum atomic E-state index is 11.7. The van der Waals surface area contributed by atoms with E-state index in [-0.39, 0.29) is 65.1 Å². The normalized spacial score (nSPS) is 13.4. The second-order valence-electron chi connectivity index (χ2n) is 30.0. The van der Waals surface area contributed by atoms with Crippen molar-refractivity contribution < 1.29 is 31.4 Å². The fraction of sp³-hybridized carbons (Fsp3) is 0.402. The average Bonchev–Trinajstić information content (AvgIpc) is 0.744. The van der Waals surface area contributed by atoms with Gasteiger partial charge in [-0.25, -0.2) is 0 Å². The Morgan fingerprint density at radius 3 is 1.49 bits per heavy atom. The molecule has 0 bridgehead atoms. The Morgan fingerprint density at radius 1 is 0.529 bits per heavy atom. The predicted molar refractivity (Wildman–Crippen MR) is 369 cm³/mol. The van der Waals surface area contributed by atoms with Crippen LogP contribution in [-0.4, -0.2) is 20.9 Å². The minimum atomic E-state index is 0. The third-order valence-corrected chi connectivity index (χ3v) is 17.8. The van der Waals surface area contributed by atoms with Crippen molar-refractivity contribution in [2.75, 3.05) is 0 Å². The Balaban J connectivity index is 0.000000170. The fourth-order valence-corrected chi connectivity index (χ4v) is 13.9. The Hall–Kier alpha value is -6.52. The topological polar surface area (TPSA) is 63.1 Å². The number of aryl methyl sites for hydroxylation is 1. The van der Waals surface area contributed by atoms with Crippen LogP contribution >= 0.6 is 0 Å². The number of hydrogen-bond donors (Lipinski definition) is 1. The van der Waals surface area contributed by atoms with Crippen LogP contribution in [0.3, 0.4) is 0 Å². The van der Waals surface area contributed by atoms with Gasteiger partial charge in [0.15, 0.2) is 5.78 Å². The number of carbonyl (C=O) groups excluding carboxylic acids is 1. The van der Waals surface area contributed by atoms with Gasteiger partial charge in [-0.15, -0.1) is 57.3 Å². The number of rotatable bonds is 11. The molecule has 87 heavy (non-hydrogen) atoms. The summed E-state index contributed by atoms with van der Waals surface area (Å²) in [6.07, 6.45) is 13.2. The summed E-state index contributed by atoms with van der Waals surface area (Å²) >= 11 is 0. The smallest absolute Gasteiger partial charge is 0.162 e. The molecule has 0 aliphatic heterocycles. The summed E-state index contributed by atoms with van der Waals surface area (Å²) in [6, 6.07) is 45.7. The van der Waals surface area contributed by atoms with Crippen molar-refractivity contribution in [2.45, 2.75) is 182 Å². The average molecular weight is 1330 g/mol. The Labute approximate surface area is 535 Å². The molecule has 2 heterocycles. The van der Waals surface area contributed by atoms with Crippen molar-refractivity contribution >= 4 is 70.4 Å². The number of ketones is 1. The minimum Gasteiger partial charge on any atom is -0.512 e.